The van der Waals surface area contributed by atoms with Crippen LogP contribution in [0, 0.1) is 6.92 Å². The molecule has 0 saturated heterocycles. The molecule has 1 aromatic carbocycles. The second kappa shape index (κ2) is 7.20. The van der Waals surface area contributed by atoms with Gasteiger partial charge in [0.1, 0.15) is 5.75 Å². The van der Waals surface area contributed by atoms with Crippen molar-refractivity contribution in [3.05, 3.63) is 23.8 Å². The fourth-order valence-corrected chi connectivity index (χ4v) is 2.16. The van der Waals surface area contributed by atoms with Gasteiger partial charge in [-0.15, -0.1) is 11.8 Å². The van der Waals surface area contributed by atoms with Crippen LogP contribution in [0.3, 0.4) is 0 Å². The molecule has 100 valence electrons. The van der Waals surface area contributed by atoms with E-state index in [9.17, 15) is 13.6 Å². The largest absolute Gasteiger partial charge is 0.465 e. The zero-order valence-electron chi connectivity index (χ0n) is 10.1. The Kier molecular flexibility index (Phi) is 5.91. The Morgan fingerprint density at radius 2 is 2.17 bits per heavy atom. The number of halogens is 2. The highest BCUT2D eigenvalue weighted by Gasteiger charge is 2.11. The Bertz CT molecular complexity index is 410. The minimum atomic E-state index is -2.85. The maximum absolute atomic E-state index is 12.1. The van der Waals surface area contributed by atoms with E-state index >= 15 is 0 Å². The zero-order chi connectivity index (χ0) is 13.5. The van der Waals surface area contributed by atoms with Crippen LogP contribution in [0.4, 0.5) is 8.78 Å². The quantitative estimate of drug-likeness (QED) is 0.590. The molecule has 0 atom stereocenters. The van der Waals surface area contributed by atoms with Crippen LogP contribution in [0.5, 0.6) is 5.75 Å². The first-order valence-electron chi connectivity index (χ1n) is 5.37. The lowest BCUT2D eigenvalue weighted by molar-refractivity contribution is -0.139. The van der Waals surface area contributed by atoms with Gasteiger partial charge in [0.15, 0.2) is 0 Å². The number of hydrogen-bond donors (Lipinski definition) is 0. The van der Waals surface area contributed by atoms with Crippen molar-refractivity contribution < 1.29 is 23.0 Å². The lowest BCUT2D eigenvalue weighted by Gasteiger charge is -2.11. The molecule has 3 nitrogen and oxygen atoms in total. The average molecular weight is 276 g/mol. The molecule has 0 N–H and O–H groups in total. The summed E-state index contributed by atoms with van der Waals surface area (Å²) in [4.78, 5) is 11.9. The summed E-state index contributed by atoms with van der Waals surface area (Å²) in [5.41, 5.74) is 0.590. The predicted octanol–water partition coefficient (Wildman–Crippen LogP) is 3.25. The van der Waals surface area contributed by atoms with E-state index in [1.165, 1.54) is 17.8 Å². The second-order valence-corrected chi connectivity index (χ2v) is 4.37. The number of alkyl halides is 2. The van der Waals surface area contributed by atoms with Crippen molar-refractivity contribution in [2.75, 3.05) is 12.4 Å². The van der Waals surface area contributed by atoms with Gasteiger partial charge in [0, 0.05) is 10.5 Å². The number of thioether (sulfide) groups is 1. The average Bonchev–Trinajstić information content (AvgIpc) is 2.30. The third kappa shape index (κ3) is 4.52. The third-order valence-corrected chi connectivity index (χ3v) is 3.23. The third-order valence-electron chi connectivity index (χ3n) is 2.10. The van der Waals surface area contributed by atoms with E-state index in [1.54, 1.807) is 26.0 Å². The molecule has 0 unspecified atom stereocenters. The molecule has 0 radical (unpaired) electrons. The Balaban J connectivity index is 2.68. The van der Waals surface area contributed by atoms with Crippen LogP contribution < -0.4 is 4.74 Å². The maximum Gasteiger partial charge on any atom is 0.387 e. The van der Waals surface area contributed by atoms with Gasteiger partial charge in [0.25, 0.3) is 0 Å². The van der Waals surface area contributed by atoms with E-state index in [0.717, 1.165) is 4.90 Å². The van der Waals surface area contributed by atoms with Gasteiger partial charge < -0.3 is 9.47 Å². The first-order chi connectivity index (χ1) is 8.54. The minimum Gasteiger partial charge on any atom is -0.465 e. The summed E-state index contributed by atoms with van der Waals surface area (Å²) in [5, 5.41) is 0. The van der Waals surface area contributed by atoms with E-state index in [2.05, 4.69) is 4.74 Å². The van der Waals surface area contributed by atoms with Gasteiger partial charge in [-0.2, -0.15) is 8.78 Å². The highest BCUT2D eigenvalue weighted by Crippen LogP contribution is 2.30. The summed E-state index contributed by atoms with van der Waals surface area (Å²) in [6, 6.07) is 4.83. The van der Waals surface area contributed by atoms with Crippen LogP contribution in [-0.4, -0.2) is 24.9 Å². The molecule has 0 aliphatic heterocycles. The lowest BCUT2D eigenvalue weighted by Crippen LogP contribution is -2.07. The molecule has 6 heteroatoms. The molecule has 0 aliphatic carbocycles. The molecule has 0 fully saturated rings. The van der Waals surface area contributed by atoms with Crippen molar-refractivity contribution in [3.63, 3.8) is 0 Å². The minimum absolute atomic E-state index is 0.124. The Morgan fingerprint density at radius 3 is 2.78 bits per heavy atom. The van der Waals surface area contributed by atoms with Crippen molar-refractivity contribution in [2.24, 2.45) is 0 Å². The number of carbonyl (C=O) groups excluding carboxylic acids is 1. The SMILES string of the molecule is CCOC(=O)CSc1cccc(OC(F)F)c1C. The zero-order valence-corrected chi connectivity index (χ0v) is 10.9. The molecule has 0 aromatic heterocycles. The first kappa shape index (κ1) is 14.8. The maximum atomic E-state index is 12.1. The van der Waals surface area contributed by atoms with Crippen LogP contribution in [0.1, 0.15) is 12.5 Å². The molecular formula is C12H14F2O3S. The molecule has 0 bridgehead atoms. The number of carbonyl (C=O) groups is 1. The molecule has 1 aromatic rings. The van der Waals surface area contributed by atoms with Crippen LogP contribution in [0.2, 0.25) is 0 Å². The molecule has 0 heterocycles. The number of ether oxygens (including phenoxy) is 2. The van der Waals surface area contributed by atoms with Crippen LogP contribution in [-0.2, 0) is 9.53 Å². The second-order valence-electron chi connectivity index (χ2n) is 3.35. The van der Waals surface area contributed by atoms with Gasteiger partial charge in [-0.3, -0.25) is 4.79 Å². The van der Waals surface area contributed by atoms with Crippen molar-refractivity contribution in [1.29, 1.82) is 0 Å². The summed E-state index contributed by atoms with van der Waals surface area (Å²) < 4.78 is 33.5. The molecule has 18 heavy (non-hydrogen) atoms. The fraction of sp³-hybridized carbons (Fsp3) is 0.417. The highest BCUT2D eigenvalue weighted by molar-refractivity contribution is 8.00. The van der Waals surface area contributed by atoms with Gasteiger partial charge >= 0.3 is 12.6 Å². The van der Waals surface area contributed by atoms with Crippen molar-refractivity contribution in [2.45, 2.75) is 25.4 Å². The van der Waals surface area contributed by atoms with Crippen LogP contribution >= 0.6 is 11.8 Å². The van der Waals surface area contributed by atoms with Crippen molar-refractivity contribution in [1.82, 2.24) is 0 Å². The van der Waals surface area contributed by atoms with Crippen LogP contribution in [0.25, 0.3) is 0 Å². The van der Waals surface area contributed by atoms with Gasteiger partial charge in [0.05, 0.1) is 12.4 Å². The Hall–Kier alpha value is -1.30. The Labute approximate surface area is 108 Å². The van der Waals surface area contributed by atoms with Gasteiger partial charge in [-0.25, -0.2) is 0 Å². The highest BCUT2D eigenvalue weighted by atomic mass is 32.2. The number of rotatable bonds is 6. The van der Waals surface area contributed by atoms with Crippen molar-refractivity contribution in [3.8, 4) is 5.75 Å². The van der Waals surface area contributed by atoms with E-state index in [-0.39, 0.29) is 17.5 Å². The summed E-state index contributed by atoms with van der Waals surface area (Å²) in [6.07, 6.45) is 0. The van der Waals surface area contributed by atoms with E-state index < -0.39 is 6.61 Å². The lowest BCUT2D eigenvalue weighted by atomic mass is 10.2. The number of benzene rings is 1. The van der Waals surface area contributed by atoms with Gasteiger partial charge in [-0.1, -0.05) is 6.07 Å². The molecule has 0 saturated carbocycles. The van der Waals surface area contributed by atoms with E-state index in [1.807, 2.05) is 0 Å². The van der Waals surface area contributed by atoms with Crippen molar-refractivity contribution >= 4 is 17.7 Å². The summed E-state index contributed by atoms with van der Waals surface area (Å²) in [5.74, 6) is -0.0618. The molecule has 0 aliphatic rings. The number of esters is 1. The Morgan fingerprint density at radius 1 is 1.44 bits per heavy atom. The van der Waals surface area contributed by atoms with E-state index in [4.69, 9.17) is 4.74 Å². The molecular weight excluding hydrogens is 262 g/mol. The standard InChI is InChI=1S/C12H14F2O3S/c1-3-16-11(15)7-18-10-6-4-5-9(8(10)2)17-12(13)14/h4-6,12H,3,7H2,1-2H3. The summed E-state index contributed by atoms with van der Waals surface area (Å²) in [7, 11) is 0. The molecule has 0 amide bonds. The monoisotopic (exact) mass is 276 g/mol. The molecule has 1 rings (SSSR count). The normalized spacial score (nSPS) is 10.5. The fourth-order valence-electron chi connectivity index (χ4n) is 1.31. The molecule has 0 spiro atoms. The summed E-state index contributed by atoms with van der Waals surface area (Å²) >= 11 is 1.24. The topological polar surface area (TPSA) is 35.5 Å². The van der Waals surface area contributed by atoms with Gasteiger partial charge in [0.2, 0.25) is 0 Å². The first-order valence-corrected chi connectivity index (χ1v) is 6.36. The van der Waals surface area contributed by atoms with Gasteiger partial charge in [-0.05, 0) is 26.0 Å². The predicted molar refractivity (Wildman–Crippen MR) is 65.2 cm³/mol. The smallest absolute Gasteiger partial charge is 0.387 e. The number of hydrogen-bond acceptors (Lipinski definition) is 4. The van der Waals surface area contributed by atoms with E-state index in [0.29, 0.717) is 12.2 Å². The summed E-state index contributed by atoms with van der Waals surface area (Å²) in [6.45, 7) is 0.872. The van der Waals surface area contributed by atoms with Crippen LogP contribution in [0.15, 0.2) is 23.1 Å².